The van der Waals surface area contributed by atoms with Crippen molar-refractivity contribution in [3.05, 3.63) is 127 Å². The number of amides is 1. The van der Waals surface area contributed by atoms with Gasteiger partial charge in [0.2, 0.25) is 0 Å². The summed E-state index contributed by atoms with van der Waals surface area (Å²) >= 11 is 1.20. The first-order chi connectivity index (χ1) is 20.4. The van der Waals surface area contributed by atoms with Crippen LogP contribution in [0.5, 0.6) is 17.2 Å². The van der Waals surface area contributed by atoms with Crippen LogP contribution in [-0.4, -0.2) is 29.8 Å². The SMILES string of the molecule is COc1ccc([C@@H]2C(C(=O)Nc3ccccc3)=C(C)N=c3s/c(=C\c4c(O)ccc5ccccc45)c(=O)n32)c(OC)c1. The number of anilines is 1. The molecule has 0 saturated carbocycles. The van der Waals surface area contributed by atoms with Crippen molar-refractivity contribution < 1.29 is 19.4 Å². The van der Waals surface area contributed by atoms with E-state index in [2.05, 4.69) is 5.32 Å². The largest absolute Gasteiger partial charge is 0.507 e. The fourth-order valence-corrected chi connectivity index (χ4v) is 6.27. The molecule has 42 heavy (non-hydrogen) atoms. The number of carbonyl (C=O) groups excluding carboxylic acids is 1. The molecule has 0 bridgehead atoms. The molecule has 5 aromatic rings. The van der Waals surface area contributed by atoms with Gasteiger partial charge in [-0.05, 0) is 54.1 Å². The molecule has 2 N–H and O–H groups in total. The third-order valence-electron chi connectivity index (χ3n) is 7.26. The van der Waals surface area contributed by atoms with Crippen molar-refractivity contribution in [3.63, 3.8) is 0 Å². The number of phenols is 1. The number of rotatable bonds is 6. The van der Waals surface area contributed by atoms with Gasteiger partial charge in [-0.2, -0.15) is 0 Å². The Morgan fingerprint density at radius 3 is 2.52 bits per heavy atom. The van der Waals surface area contributed by atoms with E-state index in [-0.39, 0.29) is 17.2 Å². The molecule has 8 nitrogen and oxygen atoms in total. The van der Waals surface area contributed by atoms with Crippen LogP contribution < -0.4 is 29.7 Å². The highest BCUT2D eigenvalue weighted by atomic mass is 32.1. The molecule has 1 aliphatic rings. The van der Waals surface area contributed by atoms with E-state index in [9.17, 15) is 14.7 Å². The number of benzene rings is 4. The molecule has 0 aliphatic carbocycles. The van der Waals surface area contributed by atoms with Crippen molar-refractivity contribution in [1.29, 1.82) is 0 Å². The number of aromatic hydroxyl groups is 1. The van der Waals surface area contributed by atoms with Gasteiger partial charge in [-0.3, -0.25) is 14.2 Å². The second-order valence-corrected chi connectivity index (χ2v) is 10.7. The number of para-hydroxylation sites is 1. The number of ether oxygens (including phenoxy) is 2. The number of nitrogens with zero attached hydrogens (tertiary/aromatic N) is 2. The fraction of sp³-hybridized carbons (Fsp3) is 0.121. The summed E-state index contributed by atoms with van der Waals surface area (Å²) in [5.74, 6) is 0.712. The number of thiazole rings is 1. The molecule has 2 heterocycles. The van der Waals surface area contributed by atoms with E-state index in [1.54, 1.807) is 56.5 Å². The van der Waals surface area contributed by atoms with Crippen LogP contribution in [0.2, 0.25) is 0 Å². The molecule has 210 valence electrons. The summed E-state index contributed by atoms with van der Waals surface area (Å²) in [6.45, 7) is 1.76. The van der Waals surface area contributed by atoms with Crippen LogP contribution in [0.25, 0.3) is 16.8 Å². The number of methoxy groups -OCH3 is 2. The van der Waals surface area contributed by atoms with Gasteiger partial charge in [0, 0.05) is 22.9 Å². The lowest BCUT2D eigenvalue weighted by atomic mass is 9.94. The smallest absolute Gasteiger partial charge is 0.271 e. The second kappa shape index (κ2) is 11.0. The molecule has 4 aromatic carbocycles. The van der Waals surface area contributed by atoms with Crippen molar-refractivity contribution in [2.75, 3.05) is 19.5 Å². The maximum atomic E-state index is 14.2. The number of fused-ring (bicyclic) bond motifs is 2. The molecule has 0 radical (unpaired) electrons. The van der Waals surface area contributed by atoms with Gasteiger partial charge in [-0.15, -0.1) is 0 Å². The Kier molecular flexibility index (Phi) is 7.10. The highest BCUT2D eigenvalue weighted by Gasteiger charge is 2.34. The summed E-state index contributed by atoms with van der Waals surface area (Å²) in [5, 5.41) is 15.5. The van der Waals surface area contributed by atoms with Gasteiger partial charge < -0.3 is 19.9 Å². The lowest BCUT2D eigenvalue weighted by Crippen LogP contribution is -2.40. The Hall–Kier alpha value is -5.15. The topological polar surface area (TPSA) is 102 Å². The van der Waals surface area contributed by atoms with E-state index >= 15 is 0 Å². The summed E-state index contributed by atoms with van der Waals surface area (Å²) in [4.78, 5) is 33.2. The standard InChI is InChI=1S/C33H27N3O5S/c1-19-29(31(38)35-21-10-5-4-6-11-21)30(24-15-14-22(40-2)17-27(24)41-3)36-32(39)28(42-33(36)34-19)18-25-23-12-8-7-9-20(23)13-16-26(25)37/h4-18,30,37H,1-3H3,(H,35,38)/b28-18-/t30-/m1/s1. The molecule has 1 aromatic heterocycles. The Balaban J connectivity index is 1.58. The molecule has 0 fully saturated rings. The number of allylic oxidation sites excluding steroid dienone is 1. The Morgan fingerprint density at radius 1 is 1.00 bits per heavy atom. The molecule has 9 heteroatoms. The number of phenolic OH excluding ortho intramolecular Hbond substituents is 1. The van der Waals surface area contributed by atoms with Crippen LogP contribution in [0.1, 0.15) is 24.1 Å². The minimum Gasteiger partial charge on any atom is -0.507 e. The quantitative estimate of drug-likeness (QED) is 0.303. The third kappa shape index (κ3) is 4.73. The van der Waals surface area contributed by atoms with Gasteiger partial charge in [0.15, 0.2) is 4.80 Å². The van der Waals surface area contributed by atoms with Gasteiger partial charge >= 0.3 is 0 Å². The van der Waals surface area contributed by atoms with Crippen LogP contribution in [0.4, 0.5) is 5.69 Å². The maximum Gasteiger partial charge on any atom is 0.271 e. The second-order valence-electron chi connectivity index (χ2n) is 9.73. The molecule has 1 atom stereocenters. The first-order valence-corrected chi connectivity index (χ1v) is 14.0. The van der Waals surface area contributed by atoms with E-state index in [0.717, 1.165) is 10.8 Å². The lowest BCUT2D eigenvalue weighted by molar-refractivity contribution is -0.113. The van der Waals surface area contributed by atoms with Crippen molar-refractivity contribution in [2.45, 2.75) is 13.0 Å². The maximum absolute atomic E-state index is 14.2. The van der Waals surface area contributed by atoms with Crippen LogP contribution >= 0.6 is 11.3 Å². The van der Waals surface area contributed by atoms with Crippen LogP contribution in [0.3, 0.4) is 0 Å². The van der Waals surface area contributed by atoms with E-state index in [0.29, 0.717) is 48.9 Å². The highest BCUT2D eigenvalue weighted by molar-refractivity contribution is 7.07. The van der Waals surface area contributed by atoms with Crippen molar-refractivity contribution in [3.8, 4) is 17.2 Å². The summed E-state index contributed by atoms with van der Waals surface area (Å²) < 4.78 is 13.0. The van der Waals surface area contributed by atoms with Crippen LogP contribution in [0, 0.1) is 0 Å². The van der Waals surface area contributed by atoms with Gasteiger partial charge in [0.25, 0.3) is 11.5 Å². The van der Waals surface area contributed by atoms with Crippen LogP contribution in [-0.2, 0) is 4.79 Å². The van der Waals surface area contributed by atoms with Crippen LogP contribution in [0.15, 0.2) is 106 Å². The zero-order valence-electron chi connectivity index (χ0n) is 23.1. The highest BCUT2D eigenvalue weighted by Crippen LogP contribution is 2.37. The number of hydrogen-bond acceptors (Lipinski definition) is 7. The van der Waals surface area contributed by atoms with Crippen molar-refractivity contribution >= 4 is 39.8 Å². The minimum absolute atomic E-state index is 0.0621. The average molecular weight is 578 g/mol. The van der Waals surface area contributed by atoms with E-state index < -0.39 is 6.04 Å². The molecule has 1 amide bonds. The molecular weight excluding hydrogens is 550 g/mol. The minimum atomic E-state index is -0.839. The Morgan fingerprint density at radius 2 is 1.76 bits per heavy atom. The zero-order chi connectivity index (χ0) is 29.4. The Labute approximate surface area is 245 Å². The predicted octanol–water partition coefficient (Wildman–Crippen LogP) is 4.75. The Bertz CT molecular complexity index is 2060. The summed E-state index contributed by atoms with van der Waals surface area (Å²) in [6, 6.07) is 24.7. The normalized spacial score (nSPS) is 14.8. The van der Waals surface area contributed by atoms with Crippen molar-refractivity contribution in [2.24, 2.45) is 4.99 Å². The molecule has 0 unspecified atom stereocenters. The number of nitrogens with one attached hydrogen (secondary N) is 1. The van der Waals surface area contributed by atoms with Gasteiger partial charge in [-0.1, -0.05) is 59.9 Å². The number of carbonyl (C=O) groups is 1. The first kappa shape index (κ1) is 27.0. The third-order valence-corrected chi connectivity index (χ3v) is 8.24. The fourth-order valence-electron chi connectivity index (χ4n) is 5.24. The summed E-state index contributed by atoms with van der Waals surface area (Å²) in [5.41, 5.74) is 2.21. The number of aromatic nitrogens is 1. The lowest BCUT2D eigenvalue weighted by Gasteiger charge is -2.26. The molecule has 0 spiro atoms. The molecule has 1 aliphatic heterocycles. The summed E-state index contributed by atoms with van der Waals surface area (Å²) in [7, 11) is 3.09. The molecular formula is C33H27N3O5S. The van der Waals surface area contributed by atoms with Gasteiger partial charge in [0.1, 0.15) is 23.3 Å². The van der Waals surface area contributed by atoms with E-state index in [1.807, 2.05) is 48.5 Å². The van der Waals surface area contributed by atoms with Gasteiger partial charge in [-0.25, -0.2) is 4.99 Å². The molecule has 0 saturated heterocycles. The van der Waals surface area contributed by atoms with Crippen molar-refractivity contribution in [1.82, 2.24) is 4.57 Å². The van der Waals surface area contributed by atoms with Gasteiger partial charge in [0.05, 0.1) is 30.0 Å². The van der Waals surface area contributed by atoms with E-state index in [1.165, 1.54) is 23.0 Å². The monoisotopic (exact) mass is 577 g/mol. The molecule has 6 rings (SSSR count). The predicted molar refractivity (Wildman–Crippen MR) is 164 cm³/mol. The summed E-state index contributed by atoms with van der Waals surface area (Å²) in [6.07, 6.45) is 1.69. The van der Waals surface area contributed by atoms with E-state index in [4.69, 9.17) is 14.5 Å². The zero-order valence-corrected chi connectivity index (χ0v) is 23.9. The average Bonchev–Trinajstić information content (AvgIpc) is 3.31. The first-order valence-electron chi connectivity index (χ1n) is 13.2. The number of hydrogen-bond donors (Lipinski definition) is 2.